The molecule has 1 spiro atoms. The number of aliphatic hydroxyl groups excluding tert-OH is 1. The molecule has 3 saturated heterocycles. The molecular formula is C53H67F2N9O6S. The van der Waals surface area contributed by atoms with Gasteiger partial charge in [-0.15, -0.1) is 11.3 Å². The van der Waals surface area contributed by atoms with Crippen LogP contribution in [0, 0.1) is 17.8 Å². The van der Waals surface area contributed by atoms with E-state index in [-0.39, 0.29) is 66.7 Å². The van der Waals surface area contributed by atoms with E-state index in [1.807, 2.05) is 73.3 Å². The number of carbonyl (C=O) groups excluding carboxylic acids is 4. The molecule has 6 aliphatic rings. The largest absolute Gasteiger partial charge is 0.391 e. The molecule has 7 heterocycles. The van der Waals surface area contributed by atoms with E-state index in [1.165, 1.54) is 4.90 Å². The average molecular weight is 996 g/mol. The van der Waals surface area contributed by atoms with E-state index >= 15 is 8.78 Å². The van der Waals surface area contributed by atoms with Crippen LogP contribution in [0.4, 0.5) is 20.3 Å². The third kappa shape index (κ3) is 9.85. The second-order valence-corrected chi connectivity index (χ2v) is 22.9. The first-order chi connectivity index (χ1) is 33.9. The molecule has 4 amide bonds. The Morgan fingerprint density at radius 3 is 2.45 bits per heavy atom. The summed E-state index contributed by atoms with van der Waals surface area (Å²) in [6, 6.07) is 9.97. The van der Waals surface area contributed by atoms with E-state index in [1.54, 1.807) is 24.3 Å². The normalized spacial score (nSPS) is 22.0. The number of halogens is 2. The average Bonchev–Trinajstić information content (AvgIpc) is 4.05. The number of hydrogen-bond donors (Lipinski definition) is 3. The number of thiazole rings is 1. The Bertz CT molecular complexity index is 2660. The monoisotopic (exact) mass is 995 g/mol. The number of β-amino-alcohol motifs (C(OH)–C–C–N with tert-alkyl or cyclic N) is 1. The molecule has 15 nitrogen and oxygen atoms in total. The topological polar surface area (TPSA) is 165 Å². The van der Waals surface area contributed by atoms with Crippen molar-refractivity contribution in [3.8, 4) is 10.4 Å². The number of ether oxygens (including phenoxy) is 1. The minimum Gasteiger partial charge on any atom is -0.391 e. The minimum absolute atomic E-state index is 0.0101. The van der Waals surface area contributed by atoms with Gasteiger partial charge in [-0.1, -0.05) is 51.1 Å². The van der Waals surface area contributed by atoms with Crippen LogP contribution in [0.2, 0.25) is 0 Å². The van der Waals surface area contributed by atoms with Gasteiger partial charge in [0.25, 0.3) is 6.43 Å². The number of benzene rings is 2. The molecule has 71 heavy (non-hydrogen) atoms. The summed E-state index contributed by atoms with van der Waals surface area (Å²) in [4.78, 5) is 67.0. The number of likely N-dealkylation sites (tertiary alicyclic amines) is 2. The third-order valence-electron chi connectivity index (χ3n) is 15.9. The number of aryl methyl sites for hydroxylation is 2. The zero-order chi connectivity index (χ0) is 49.9. The summed E-state index contributed by atoms with van der Waals surface area (Å²) in [6.07, 6.45) is 2.09. The smallest absolute Gasteiger partial charge is 0.264 e. The quantitative estimate of drug-likeness (QED) is 0.141. The van der Waals surface area contributed by atoms with E-state index in [2.05, 4.69) is 25.2 Å². The SMILES string of the molecule is CC(=O)N1CCc2c(c(N3CCCc4cc(C5CC6(C5)CN(CC(=O)N[C@H](C(=O)N5C[C@H](O)C[C@H]5C(=O)NCc5ccc(-c7scnc7C)cc5)C(C)(C)C)C6)c(C(F)F)cc43)nn2C2CCOCC2)C1. The van der Waals surface area contributed by atoms with Crippen LogP contribution in [0.3, 0.4) is 0 Å². The van der Waals surface area contributed by atoms with Crippen molar-refractivity contribution in [2.24, 2.45) is 10.8 Å². The van der Waals surface area contributed by atoms with Gasteiger partial charge in [0.1, 0.15) is 12.1 Å². The predicted octanol–water partition coefficient (Wildman–Crippen LogP) is 6.58. The molecule has 10 rings (SSSR count). The van der Waals surface area contributed by atoms with Crippen LogP contribution in [0.25, 0.3) is 10.4 Å². The fourth-order valence-corrected chi connectivity index (χ4v) is 13.1. The molecule has 380 valence electrons. The second-order valence-electron chi connectivity index (χ2n) is 22.1. The summed E-state index contributed by atoms with van der Waals surface area (Å²) >= 11 is 1.57. The Kier molecular flexibility index (Phi) is 13.6. The summed E-state index contributed by atoms with van der Waals surface area (Å²) in [6.45, 7) is 13.8. The Balaban J connectivity index is 0.763. The van der Waals surface area contributed by atoms with Gasteiger partial charge < -0.3 is 35.2 Å². The highest BCUT2D eigenvalue weighted by atomic mass is 32.1. The first kappa shape index (κ1) is 49.3. The molecule has 18 heteroatoms. The molecule has 3 atom stereocenters. The number of amides is 4. The van der Waals surface area contributed by atoms with Crippen LogP contribution in [0.1, 0.15) is 124 Å². The number of rotatable bonds is 12. The molecule has 1 saturated carbocycles. The van der Waals surface area contributed by atoms with Crippen LogP contribution in [-0.4, -0.2) is 129 Å². The highest BCUT2D eigenvalue weighted by Gasteiger charge is 2.54. The number of aliphatic hydroxyl groups is 1. The lowest BCUT2D eigenvalue weighted by atomic mass is 9.55. The Hall–Kier alpha value is -5.30. The Morgan fingerprint density at radius 1 is 1.03 bits per heavy atom. The van der Waals surface area contributed by atoms with Crippen molar-refractivity contribution in [1.29, 1.82) is 0 Å². The third-order valence-corrected chi connectivity index (χ3v) is 16.9. The van der Waals surface area contributed by atoms with Gasteiger partial charge in [-0.2, -0.15) is 5.10 Å². The standard InChI is InChI=1S/C53H67F2N9O6S/c1-31-46(71-30-57-31)34-10-8-33(9-11-34)24-56-50(68)44-20-38(66)25-63(44)51(69)47(52(3,4)5)58-45(67)27-60-28-53(29-60)22-36(23-53)39-19-35-7-6-15-62(43(35)21-40(39)48(54)55)49-41-26-61(32(2)65)16-12-42(41)64(59-49)37-13-17-70-18-14-37/h8-11,19,21,30,36-38,44,47-48,66H,6-7,12-18,20,22-29H2,1-5H3,(H,56,68)(H,58,67)/t38-,44+,47-/m1/s1. The molecule has 5 aliphatic heterocycles. The molecule has 3 N–H and O–H groups in total. The van der Waals surface area contributed by atoms with Gasteiger partial charge in [0.05, 0.1) is 41.3 Å². The first-order valence-electron chi connectivity index (χ1n) is 25.4. The van der Waals surface area contributed by atoms with Crippen molar-refractivity contribution in [1.82, 2.24) is 40.1 Å². The van der Waals surface area contributed by atoms with Gasteiger partial charge >= 0.3 is 0 Å². The van der Waals surface area contributed by atoms with Crippen LogP contribution in [0.15, 0.2) is 41.9 Å². The maximum atomic E-state index is 15.2. The lowest BCUT2D eigenvalue weighted by Crippen LogP contribution is -2.64. The predicted molar refractivity (Wildman–Crippen MR) is 265 cm³/mol. The number of anilines is 2. The highest BCUT2D eigenvalue weighted by molar-refractivity contribution is 7.13. The van der Waals surface area contributed by atoms with Crippen molar-refractivity contribution in [3.63, 3.8) is 0 Å². The van der Waals surface area contributed by atoms with E-state index in [0.29, 0.717) is 57.9 Å². The van der Waals surface area contributed by atoms with Crippen molar-refractivity contribution in [2.45, 2.75) is 136 Å². The fourth-order valence-electron chi connectivity index (χ4n) is 12.2. The lowest BCUT2D eigenvalue weighted by molar-refractivity contribution is -0.145. The molecule has 0 bridgehead atoms. The number of nitrogens with zero attached hydrogens (tertiary/aromatic N) is 7. The van der Waals surface area contributed by atoms with Gasteiger partial charge in [0.15, 0.2) is 5.82 Å². The van der Waals surface area contributed by atoms with Crippen LogP contribution >= 0.6 is 11.3 Å². The van der Waals surface area contributed by atoms with Crippen molar-refractivity contribution < 1.29 is 37.8 Å². The summed E-state index contributed by atoms with van der Waals surface area (Å²) < 4.78 is 38.2. The molecule has 0 radical (unpaired) electrons. The second kappa shape index (κ2) is 19.6. The van der Waals surface area contributed by atoms with Gasteiger partial charge in [0.2, 0.25) is 23.6 Å². The van der Waals surface area contributed by atoms with Gasteiger partial charge in [-0.05, 0) is 90.5 Å². The molecule has 4 aromatic rings. The van der Waals surface area contributed by atoms with E-state index in [4.69, 9.17) is 9.84 Å². The molecule has 4 fully saturated rings. The zero-order valence-corrected chi connectivity index (χ0v) is 42.3. The van der Waals surface area contributed by atoms with Crippen LogP contribution < -0.4 is 15.5 Å². The molecule has 0 unspecified atom stereocenters. The maximum Gasteiger partial charge on any atom is 0.264 e. The fraction of sp³-hybridized carbons (Fsp3) is 0.585. The number of nitrogens with one attached hydrogen (secondary N) is 2. The molecule has 2 aromatic heterocycles. The van der Waals surface area contributed by atoms with E-state index in [9.17, 15) is 24.3 Å². The van der Waals surface area contributed by atoms with Crippen molar-refractivity contribution >= 4 is 46.5 Å². The van der Waals surface area contributed by atoms with Gasteiger partial charge in [-0.25, -0.2) is 13.8 Å². The van der Waals surface area contributed by atoms with Crippen molar-refractivity contribution in [2.75, 3.05) is 57.4 Å². The molecular weight excluding hydrogens is 929 g/mol. The Labute approximate surface area is 418 Å². The number of hydrogen-bond acceptors (Lipinski definition) is 11. The minimum atomic E-state index is -2.66. The van der Waals surface area contributed by atoms with E-state index in [0.717, 1.165) is 88.5 Å². The lowest BCUT2D eigenvalue weighted by Gasteiger charge is -2.59. The highest BCUT2D eigenvalue weighted by Crippen LogP contribution is 2.58. The number of aromatic nitrogens is 3. The summed E-state index contributed by atoms with van der Waals surface area (Å²) in [5, 5.41) is 21.9. The van der Waals surface area contributed by atoms with Crippen molar-refractivity contribution in [3.05, 3.63) is 81.1 Å². The molecule has 1 aliphatic carbocycles. The van der Waals surface area contributed by atoms with Gasteiger partial charge in [-0.3, -0.25) is 28.8 Å². The number of fused-ring (bicyclic) bond motifs is 2. The maximum absolute atomic E-state index is 15.2. The van der Waals surface area contributed by atoms with Gasteiger partial charge in [0, 0.05) is 94.8 Å². The van der Waals surface area contributed by atoms with Crippen LogP contribution in [0.5, 0.6) is 0 Å². The summed E-state index contributed by atoms with van der Waals surface area (Å²) in [5.41, 5.74) is 8.67. The zero-order valence-electron chi connectivity index (χ0n) is 41.5. The molecule has 2 aromatic carbocycles. The number of carbonyl (C=O) groups is 4. The van der Waals surface area contributed by atoms with E-state index < -0.39 is 35.9 Å². The first-order valence-corrected chi connectivity index (χ1v) is 26.3. The summed E-state index contributed by atoms with van der Waals surface area (Å²) in [7, 11) is 0. The van der Waals surface area contributed by atoms with Crippen LogP contribution in [-0.2, 0) is 49.8 Å². The number of alkyl halides is 2. The Morgan fingerprint density at radius 2 is 1.77 bits per heavy atom. The summed E-state index contributed by atoms with van der Waals surface area (Å²) in [5.74, 6) is -0.341.